The molecule has 0 atom stereocenters. The van der Waals surface area contributed by atoms with Crippen LogP contribution in [0.1, 0.15) is 5.56 Å². The minimum absolute atomic E-state index is 0.651. The summed E-state index contributed by atoms with van der Waals surface area (Å²) in [5, 5.41) is 19.2. The van der Waals surface area contributed by atoms with E-state index in [0.717, 1.165) is 77.6 Å². The molecule has 4 nitrogen and oxygen atoms in total. The van der Waals surface area contributed by atoms with Crippen LogP contribution in [0.5, 0.6) is 0 Å². The van der Waals surface area contributed by atoms with Crippen molar-refractivity contribution in [1.29, 1.82) is 5.26 Å². The first kappa shape index (κ1) is 34.6. The Balaban J connectivity index is 1.01. The Kier molecular flexibility index (Phi) is 7.88. The molecule has 282 valence electrons. The molecule has 0 amide bonds. The Morgan fingerprint density at radius 3 is 1.56 bits per heavy atom. The largest absolute Gasteiger partial charge is 0.309 e. The Morgan fingerprint density at radius 1 is 0.377 bits per heavy atom. The number of benzene rings is 10. The lowest BCUT2D eigenvalue weighted by Gasteiger charge is -2.17. The molecule has 0 N–H and O–H groups in total. The van der Waals surface area contributed by atoms with Crippen LogP contribution in [0, 0.1) is 11.3 Å². The third-order valence-corrected chi connectivity index (χ3v) is 12.2. The summed E-state index contributed by atoms with van der Waals surface area (Å²) in [4.78, 5) is 10.4. The molecule has 0 unspecified atom stereocenters. The number of para-hydroxylation sites is 1. The van der Waals surface area contributed by atoms with Crippen molar-refractivity contribution in [1.82, 2.24) is 14.5 Å². The van der Waals surface area contributed by atoms with Gasteiger partial charge in [-0.1, -0.05) is 146 Å². The smallest absolute Gasteiger partial charge is 0.161 e. The molecule has 0 aliphatic carbocycles. The molecule has 0 saturated carbocycles. The van der Waals surface area contributed by atoms with E-state index in [9.17, 15) is 5.26 Å². The molecule has 0 radical (unpaired) electrons. The van der Waals surface area contributed by atoms with E-state index in [1.165, 1.54) is 32.5 Å². The Hall–Kier alpha value is -8.39. The molecule has 0 aliphatic heterocycles. The van der Waals surface area contributed by atoms with E-state index in [2.05, 4.69) is 187 Å². The van der Waals surface area contributed by atoms with Gasteiger partial charge in [0.1, 0.15) is 0 Å². The van der Waals surface area contributed by atoms with Crippen molar-refractivity contribution in [3.63, 3.8) is 0 Å². The number of rotatable bonds is 6. The maximum Gasteiger partial charge on any atom is 0.161 e. The molecule has 0 spiro atoms. The number of fused-ring (bicyclic) bond motifs is 3. The number of hydrogen-bond acceptors (Lipinski definition) is 3. The van der Waals surface area contributed by atoms with Gasteiger partial charge in [-0.3, -0.25) is 0 Å². The fraction of sp³-hybridized carbons (Fsp3) is 0. The van der Waals surface area contributed by atoms with Crippen molar-refractivity contribution < 1.29 is 0 Å². The summed E-state index contributed by atoms with van der Waals surface area (Å²) in [5.74, 6) is 0.707. The zero-order valence-corrected chi connectivity index (χ0v) is 32.9. The van der Waals surface area contributed by atoms with E-state index in [0.29, 0.717) is 11.4 Å². The summed E-state index contributed by atoms with van der Waals surface area (Å²) in [5.41, 5.74) is 13.4. The highest BCUT2D eigenvalue weighted by molar-refractivity contribution is 6.27. The Labute approximate surface area is 352 Å². The molecule has 0 bridgehead atoms. The van der Waals surface area contributed by atoms with Crippen molar-refractivity contribution in [3.05, 3.63) is 212 Å². The summed E-state index contributed by atoms with van der Waals surface area (Å²) in [6, 6.07) is 75.1. The zero-order chi connectivity index (χ0) is 40.4. The molecular formula is C57H34N4. The average molecular weight is 775 g/mol. The van der Waals surface area contributed by atoms with Crippen LogP contribution in [0.2, 0.25) is 0 Å². The van der Waals surface area contributed by atoms with Gasteiger partial charge < -0.3 is 4.57 Å². The van der Waals surface area contributed by atoms with Gasteiger partial charge >= 0.3 is 0 Å². The van der Waals surface area contributed by atoms with Gasteiger partial charge in [0.05, 0.1) is 34.1 Å². The van der Waals surface area contributed by atoms with Crippen molar-refractivity contribution >= 4 is 54.1 Å². The third-order valence-electron chi connectivity index (χ3n) is 12.2. The number of hydrogen-bond donors (Lipinski definition) is 0. The van der Waals surface area contributed by atoms with E-state index in [4.69, 9.17) is 9.97 Å². The molecule has 0 saturated heterocycles. The predicted octanol–water partition coefficient (Wildman–Crippen LogP) is 14.7. The Bertz CT molecular complexity index is 3640. The van der Waals surface area contributed by atoms with Gasteiger partial charge in [0, 0.05) is 33.2 Å². The van der Waals surface area contributed by atoms with Gasteiger partial charge in [0.15, 0.2) is 5.82 Å². The molecule has 0 aliphatic rings. The topological polar surface area (TPSA) is 54.5 Å². The van der Waals surface area contributed by atoms with Crippen LogP contribution in [0.15, 0.2) is 206 Å². The Morgan fingerprint density at radius 2 is 0.902 bits per heavy atom. The van der Waals surface area contributed by atoms with Gasteiger partial charge in [-0.15, -0.1) is 0 Å². The van der Waals surface area contributed by atoms with Gasteiger partial charge in [0.25, 0.3) is 0 Å². The summed E-state index contributed by atoms with van der Waals surface area (Å²) in [7, 11) is 0. The van der Waals surface area contributed by atoms with Gasteiger partial charge in [-0.2, -0.15) is 5.26 Å². The standard InChI is InChI=1S/C57H34N4/c58-35-36-19-29-53-49(31-36)50-33-42(24-30-54(50)61(53)44-17-8-3-9-18-44)41-15-10-16-43(32-41)45-25-20-39-22-27-47-48(28-23-40-21-26-46(45)55(39)56(40)47)57-59-51(37-11-4-1-5-12-37)34-52(60-57)38-13-6-2-7-14-38/h1-34H. The van der Waals surface area contributed by atoms with Crippen molar-refractivity contribution in [2.75, 3.05) is 0 Å². The second kappa shape index (κ2) is 13.9. The first-order valence-corrected chi connectivity index (χ1v) is 20.5. The van der Waals surface area contributed by atoms with E-state index >= 15 is 0 Å². The number of aromatic nitrogens is 3. The summed E-state index contributed by atoms with van der Waals surface area (Å²) < 4.78 is 2.29. The van der Waals surface area contributed by atoms with Crippen molar-refractivity contribution in [2.45, 2.75) is 0 Å². The normalized spacial score (nSPS) is 11.6. The lowest BCUT2D eigenvalue weighted by molar-refractivity contribution is 1.18. The highest BCUT2D eigenvalue weighted by Gasteiger charge is 2.19. The molecule has 4 heteroatoms. The van der Waals surface area contributed by atoms with E-state index < -0.39 is 0 Å². The molecular weight excluding hydrogens is 741 g/mol. The van der Waals surface area contributed by atoms with Crippen LogP contribution in [-0.2, 0) is 0 Å². The molecule has 10 aromatic carbocycles. The lowest BCUT2D eigenvalue weighted by atomic mass is 9.87. The van der Waals surface area contributed by atoms with Crippen LogP contribution >= 0.6 is 0 Å². The summed E-state index contributed by atoms with van der Waals surface area (Å²) >= 11 is 0. The number of nitriles is 1. The summed E-state index contributed by atoms with van der Waals surface area (Å²) in [6.07, 6.45) is 0. The second-order valence-corrected chi connectivity index (χ2v) is 15.7. The fourth-order valence-corrected chi connectivity index (χ4v) is 9.32. The predicted molar refractivity (Wildman–Crippen MR) is 252 cm³/mol. The maximum absolute atomic E-state index is 9.83. The van der Waals surface area contributed by atoms with Crippen molar-refractivity contribution in [3.8, 4) is 67.9 Å². The van der Waals surface area contributed by atoms with Crippen molar-refractivity contribution in [2.24, 2.45) is 0 Å². The quantitative estimate of drug-likeness (QED) is 0.158. The first-order valence-electron chi connectivity index (χ1n) is 20.5. The van der Waals surface area contributed by atoms with E-state index in [1.807, 2.05) is 30.3 Å². The zero-order valence-electron chi connectivity index (χ0n) is 32.9. The average Bonchev–Trinajstić information content (AvgIpc) is 3.66. The molecule has 12 rings (SSSR count). The minimum atomic E-state index is 0.651. The SMILES string of the molecule is N#Cc1ccc2c(c1)c1cc(-c3cccc(-c4ccc5ccc6c(-c7nc(-c8ccccc8)cc(-c8ccccc8)n7)ccc7ccc4c5c76)c3)ccc1n2-c1ccccc1. The van der Waals surface area contributed by atoms with Crippen LogP contribution in [0.25, 0.3) is 116 Å². The molecule has 2 aromatic heterocycles. The monoisotopic (exact) mass is 774 g/mol. The van der Waals surface area contributed by atoms with Gasteiger partial charge in [-0.25, -0.2) is 9.97 Å². The molecule has 0 fully saturated rings. The third kappa shape index (κ3) is 5.67. The summed E-state index contributed by atoms with van der Waals surface area (Å²) in [6.45, 7) is 0. The molecule has 61 heavy (non-hydrogen) atoms. The fourth-order valence-electron chi connectivity index (χ4n) is 9.32. The maximum atomic E-state index is 9.83. The molecule has 2 heterocycles. The van der Waals surface area contributed by atoms with Gasteiger partial charge in [0.2, 0.25) is 0 Å². The van der Waals surface area contributed by atoms with Gasteiger partial charge in [-0.05, 0) is 115 Å². The highest BCUT2D eigenvalue weighted by Crippen LogP contribution is 2.43. The highest BCUT2D eigenvalue weighted by atomic mass is 15.0. The minimum Gasteiger partial charge on any atom is -0.309 e. The molecule has 12 aromatic rings. The van der Waals surface area contributed by atoms with Crippen LogP contribution in [0.4, 0.5) is 0 Å². The van der Waals surface area contributed by atoms with Crippen LogP contribution in [0.3, 0.4) is 0 Å². The van der Waals surface area contributed by atoms with E-state index in [-0.39, 0.29) is 0 Å². The number of nitrogens with zero attached hydrogens (tertiary/aromatic N) is 4. The second-order valence-electron chi connectivity index (χ2n) is 15.7. The van der Waals surface area contributed by atoms with Crippen LogP contribution < -0.4 is 0 Å². The lowest BCUT2D eigenvalue weighted by Crippen LogP contribution is -1.97. The van der Waals surface area contributed by atoms with Crippen LogP contribution in [-0.4, -0.2) is 14.5 Å². The van der Waals surface area contributed by atoms with E-state index in [1.54, 1.807) is 0 Å². The first-order chi connectivity index (χ1) is 30.2.